The van der Waals surface area contributed by atoms with Crippen LogP contribution < -0.4 is 0 Å². The van der Waals surface area contributed by atoms with E-state index in [-0.39, 0.29) is 12.5 Å². The first-order chi connectivity index (χ1) is 8.99. The lowest BCUT2D eigenvalue weighted by molar-refractivity contribution is -0.927. The van der Waals surface area contributed by atoms with E-state index in [0.29, 0.717) is 17.6 Å². The summed E-state index contributed by atoms with van der Waals surface area (Å²) in [5.74, 6) is -0.757. The van der Waals surface area contributed by atoms with Crippen molar-refractivity contribution < 1.29 is 19.5 Å². The fraction of sp³-hybridized carbons (Fsp3) is 0.800. The van der Waals surface area contributed by atoms with E-state index in [1.165, 1.54) is 0 Å². The number of quaternary nitrogens is 1. The number of aliphatic hydroxyl groups is 1. The van der Waals surface area contributed by atoms with Crippen molar-refractivity contribution in [3.63, 3.8) is 0 Å². The average molecular weight is 272 g/mol. The van der Waals surface area contributed by atoms with Gasteiger partial charge in [0.25, 0.3) is 0 Å². The molecule has 0 aromatic rings. The molecule has 0 bridgehead atoms. The Balaban J connectivity index is 4.26. The third-order valence-electron chi connectivity index (χ3n) is 3.88. The molecule has 1 unspecified atom stereocenters. The molecule has 0 aliphatic carbocycles. The summed E-state index contributed by atoms with van der Waals surface area (Å²) in [5.41, 5.74) is 0. The Kier molecular flexibility index (Phi) is 9.53. The topological polar surface area (TPSA) is 57.5 Å². The summed E-state index contributed by atoms with van der Waals surface area (Å²) in [7, 11) is 0. The molecular weight excluding hydrogens is 242 g/mol. The van der Waals surface area contributed by atoms with Crippen molar-refractivity contribution in [2.75, 3.05) is 26.2 Å². The molecule has 19 heavy (non-hydrogen) atoms. The van der Waals surface area contributed by atoms with Crippen LogP contribution >= 0.6 is 0 Å². The molecule has 0 saturated heterocycles. The number of aliphatic carboxylic acids is 1. The number of carbonyl (C=O) groups is 1. The fourth-order valence-electron chi connectivity index (χ4n) is 2.40. The lowest BCUT2D eigenvalue weighted by Crippen LogP contribution is -2.53. The summed E-state index contributed by atoms with van der Waals surface area (Å²) in [6.45, 7) is 9.14. The first-order valence-corrected chi connectivity index (χ1v) is 7.35. The highest BCUT2D eigenvalue weighted by atomic mass is 16.4. The number of hydrogen-bond donors (Lipinski definition) is 2. The molecule has 2 N–H and O–H groups in total. The van der Waals surface area contributed by atoms with Crippen molar-refractivity contribution in [1.29, 1.82) is 0 Å². The number of unbranched alkanes of at least 4 members (excludes halogenated alkanes) is 1. The standard InChI is InChI=1S/C15H29NO3/c1-4-7-8-9-10-14(17)13-16(5-2,6-3)12-11-15(18)19/h4,7,14,17H,5-6,8-13H2,1-3H3/p+1/b7-4+. The molecule has 112 valence electrons. The Morgan fingerprint density at radius 1 is 1.32 bits per heavy atom. The largest absolute Gasteiger partial charge is 0.481 e. The van der Waals surface area contributed by atoms with Crippen molar-refractivity contribution in [2.24, 2.45) is 0 Å². The van der Waals surface area contributed by atoms with E-state index in [2.05, 4.69) is 19.9 Å². The molecule has 0 heterocycles. The average Bonchev–Trinajstić information content (AvgIpc) is 2.39. The zero-order valence-corrected chi connectivity index (χ0v) is 12.6. The molecule has 0 aromatic carbocycles. The molecule has 0 aromatic heterocycles. The van der Waals surface area contributed by atoms with E-state index in [4.69, 9.17) is 5.11 Å². The van der Waals surface area contributed by atoms with Gasteiger partial charge in [-0.1, -0.05) is 12.2 Å². The molecule has 0 aliphatic rings. The monoisotopic (exact) mass is 272 g/mol. The Morgan fingerprint density at radius 2 is 1.95 bits per heavy atom. The van der Waals surface area contributed by atoms with Crippen molar-refractivity contribution in [3.8, 4) is 0 Å². The van der Waals surface area contributed by atoms with Crippen molar-refractivity contribution >= 4 is 5.97 Å². The van der Waals surface area contributed by atoms with Crippen LogP contribution in [-0.4, -0.2) is 52.9 Å². The highest BCUT2D eigenvalue weighted by Crippen LogP contribution is 2.13. The summed E-state index contributed by atoms with van der Waals surface area (Å²) in [5, 5.41) is 18.9. The first-order valence-electron chi connectivity index (χ1n) is 7.35. The number of rotatable bonds is 11. The van der Waals surface area contributed by atoms with E-state index < -0.39 is 5.97 Å². The number of aliphatic hydroxyl groups excluding tert-OH is 1. The molecule has 1 atom stereocenters. The van der Waals surface area contributed by atoms with E-state index in [1.807, 2.05) is 13.0 Å². The lowest BCUT2D eigenvalue weighted by Gasteiger charge is -2.38. The number of likely N-dealkylation sites (N-methyl/N-ethyl adjacent to an activating group) is 1. The Labute approximate surface area is 117 Å². The lowest BCUT2D eigenvalue weighted by atomic mass is 10.1. The Morgan fingerprint density at radius 3 is 2.42 bits per heavy atom. The van der Waals surface area contributed by atoms with Gasteiger partial charge >= 0.3 is 5.97 Å². The van der Waals surface area contributed by atoms with Gasteiger partial charge in [0.1, 0.15) is 12.6 Å². The summed E-state index contributed by atoms with van der Waals surface area (Å²) in [6, 6.07) is 0. The van der Waals surface area contributed by atoms with E-state index in [0.717, 1.165) is 32.4 Å². The van der Waals surface area contributed by atoms with Gasteiger partial charge in [-0.05, 0) is 40.0 Å². The number of carboxylic acid groups (broad SMARTS) is 1. The van der Waals surface area contributed by atoms with Gasteiger partial charge in [0.05, 0.1) is 26.1 Å². The van der Waals surface area contributed by atoms with Crippen molar-refractivity contribution in [1.82, 2.24) is 0 Å². The molecule has 4 nitrogen and oxygen atoms in total. The van der Waals surface area contributed by atoms with Crippen molar-refractivity contribution in [2.45, 2.75) is 52.6 Å². The minimum atomic E-state index is -0.757. The van der Waals surface area contributed by atoms with Gasteiger partial charge in [-0.2, -0.15) is 0 Å². The molecule has 0 amide bonds. The minimum absolute atomic E-state index is 0.174. The van der Waals surface area contributed by atoms with E-state index >= 15 is 0 Å². The van der Waals surface area contributed by atoms with E-state index in [9.17, 15) is 9.90 Å². The SMILES string of the molecule is C/C=C/CCCC(O)C[N+](CC)(CC)CCC(=O)O. The van der Waals surface area contributed by atoms with Gasteiger partial charge in [-0.15, -0.1) is 0 Å². The van der Waals surface area contributed by atoms with Crippen LogP contribution in [0.1, 0.15) is 46.5 Å². The van der Waals surface area contributed by atoms with Gasteiger partial charge in [0.2, 0.25) is 0 Å². The summed E-state index contributed by atoms with van der Waals surface area (Å²) >= 11 is 0. The van der Waals surface area contributed by atoms with Gasteiger partial charge < -0.3 is 14.7 Å². The fourth-order valence-corrected chi connectivity index (χ4v) is 2.40. The third kappa shape index (κ3) is 8.01. The number of hydrogen-bond acceptors (Lipinski definition) is 2. The quantitative estimate of drug-likeness (QED) is 0.345. The number of nitrogens with zero attached hydrogens (tertiary/aromatic N) is 1. The zero-order valence-electron chi connectivity index (χ0n) is 12.6. The third-order valence-corrected chi connectivity index (χ3v) is 3.88. The number of allylic oxidation sites excluding steroid dienone is 2. The molecule has 0 saturated carbocycles. The highest BCUT2D eigenvalue weighted by molar-refractivity contribution is 5.66. The first kappa shape index (κ1) is 18.1. The van der Waals surface area contributed by atoms with Crippen LogP contribution in [0, 0.1) is 0 Å². The highest BCUT2D eigenvalue weighted by Gasteiger charge is 2.27. The maximum atomic E-state index is 10.7. The van der Waals surface area contributed by atoms with Gasteiger partial charge in [0, 0.05) is 0 Å². The molecule has 0 radical (unpaired) electrons. The molecule has 4 heteroatoms. The molecule has 0 rings (SSSR count). The van der Waals surface area contributed by atoms with Gasteiger partial charge in [-0.25, -0.2) is 0 Å². The maximum absolute atomic E-state index is 10.7. The molecule has 0 aliphatic heterocycles. The zero-order chi connectivity index (χ0) is 14.7. The second-order valence-electron chi connectivity index (χ2n) is 5.18. The predicted octanol–water partition coefficient (Wildman–Crippen LogP) is 2.42. The van der Waals surface area contributed by atoms with Crippen LogP contribution in [0.5, 0.6) is 0 Å². The summed E-state index contributed by atoms with van der Waals surface area (Å²) in [4.78, 5) is 10.7. The van der Waals surface area contributed by atoms with E-state index in [1.54, 1.807) is 0 Å². The van der Waals surface area contributed by atoms with Gasteiger partial charge in [0.15, 0.2) is 0 Å². The Bertz CT molecular complexity index is 273. The van der Waals surface area contributed by atoms with Crippen LogP contribution in [0.3, 0.4) is 0 Å². The van der Waals surface area contributed by atoms with Crippen LogP contribution in [0.25, 0.3) is 0 Å². The predicted molar refractivity (Wildman–Crippen MR) is 78.0 cm³/mol. The molecule has 0 fully saturated rings. The van der Waals surface area contributed by atoms with Crippen LogP contribution in [0.15, 0.2) is 12.2 Å². The van der Waals surface area contributed by atoms with Crippen LogP contribution in [0.4, 0.5) is 0 Å². The summed E-state index contributed by atoms with van der Waals surface area (Å²) in [6.07, 6.45) is 6.75. The normalized spacial score (nSPS) is 13.9. The second-order valence-corrected chi connectivity index (χ2v) is 5.18. The van der Waals surface area contributed by atoms with Crippen molar-refractivity contribution in [3.05, 3.63) is 12.2 Å². The smallest absolute Gasteiger partial charge is 0.309 e. The molecular formula is C15H30NO3+. The second kappa shape index (κ2) is 9.98. The van der Waals surface area contributed by atoms with Crippen LogP contribution in [-0.2, 0) is 4.79 Å². The maximum Gasteiger partial charge on any atom is 0.309 e. The Hall–Kier alpha value is -0.870. The van der Waals surface area contributed by atoms with Crippen LogP contribution in [0.2, 0.25) is 0 Å². The number of carboxylic acids is 1. The summed E-state index contributed by atoms with van der Waals surface area (Å²) < 4.78 is 0.692. The molecule has 0 spiro atoms. The van der Waals surface area contributed by atoms with Gasteiger partial charge in [-0.3, -0.25) is 4.79 Å². The minimum Gasteiger partial charge on any atom is -0.481 e.